The SMILES string of the molecule is C=C(C(=C)c1ccccc1)c1ccccc1.CC(C)(C)[NH][Ti]1([CH]2CCC3C=CC=CC32)[CH2][CH2]1. The second-order valence-corrected chi connectivity index (χ2v) is 17.6. The van der Waals surface area contributed by atoms with E-state index in [9.17, 15) is 0 Å². The predicted molar refractivity (Wildman–Crippen MR) is 142 cm³/mol. The normalized spacial score (nSPS) is 24.4. The number of fused-ring (bicyclic) bond motifs is 1. The third-order valence-electron chi connectivity index (χ3n) is 7.30. The maximum atomic E-state index is 4.11. The molecule has 33 heavy (non-hydrogen) atoms. The van der Waals surface area contributed by atoms with Gasteiger partial charge in [-0.2, -0.15) is 0 Å². The summed E-state index contributed by atoms with van der Waals surface area (Å²) in [6, 6.07) is 20.3. The summed E-state index contributed by atoms with van der Waals surface area (Å²) in [5.41, 5.74) is 4.54. The Hall–Kier alpha value is -1.93. The van der Waals surface area contributed by atoms with Gasteiger partial charge in [-0.05, 0) is 22.3 Å². The molecule has 1 saturated heterocycles. The molecule has 1 heterocycles. The molecule has 1 N–H and O–H groups in total. The number of hydrogen-bond donors (Lipinski definition) is 1. The molecule has 0 amide bonds. The van der Waals surface area contributed by atoms with E-state index in [1.807, 2.05) is 36.4 Å². The summed E-state index contributed by atoms with van der Waals surface area (Å²) in [6.45, 7) is 15.2. The molecule has 0 aromatic heterocycles. The van der Waals surface area contributed by atoms with E-state index in [2.05, 4.69) is 86.3 Å². The number of benzene rings is 2. The molecule has 1 aliphatic heterocycles. The summed E-state index contributed by atoms with van der Waals surface area (Å²) < 4.78 is 8.31. The molecule has 2 aromatic rings. The number of rotatable bonds is 5. The van der Waals surface area contributed by atoms with Crippen molar-refractivity contribution in [1.82, 2.24) is 3.80 Å². The van der Waals surface area contributed by atoms with Gasteiger partial charge in [-0.3, -0.25) is 0 Å². The molecule has 0 spiro atoms. The number of nitrogens with one attached hydrogen (secondary N) is 1. The van der Waals surface area contributed by atoms with Crippen molar-refractivity contribution in [3.63, 3.8) is 0 Å². The van der Waals surface area contributed by atoms with E-state index in [4.69, 9.17) is 0 Å². The third-order valence-corrected chi connectivity index (χ3v) is 15.0. The van der Waals surface area contributed by atoms with Crippen LogP contribution in [0.2, 0.25) is 13.7 Å². The average molecular weight is 474 g/mol. The summed E-state index contributed by atoms with van der Waals surface area (Å²) in [7, 11) is 0. The van der Waals surface area contributed by atoms with E-state index in [1.165, 1.54) is 12.8 Å². The van der Waals surface area contributed by atoms with Crippen LogP contribution in [0.5, 0.6) is 0 Å². The fourth-order valence-electron chi connectivity index (χ4n) is 5.70. The second kappa shape index (κ2) is 10.1. The van der Waals surface area contributed by atoms with Gasteiger partial charge in [0.2, 0.25) is 0 Å². The van der Waals surface area contributed by atoms with Crippen molar-refractivity contribution in [3.8, 4) is 0 Å². The summed E-state index contributed by atoms with van der Waals surface area (Å²) in [5.74, 6) is 1.76. The molecular weight excluding hydrogens is 434 g/mol. The summed E-state index contributed by atoms with van der Waals surface area (Å²) in [5, 5.41) is 0. The van der Waals surface area contributed by atoms with E-state index < -0.39 is 16.8 Å². The molecule has 3 unspecified atom stereocenters. The van der Waals surface area contributed by atoms with Gasteiger partial charge in [-0.15, -0.1) is 0 Å². The zero-order chi connectivity index (χ0) is 23.5. The Labute approximate surface area is 205 Å². The van der Waals surface area contributed by atoms with Crippen LogP contribution in [0.1, 0.15) is 44.7 Å². The standard InChI is InChI=1S/C16H14.C9H11.C4H10N.C2H4.Ti/c1-13(15-9-5-3-6-10-15)14(2)16-11-7-4-8-12-16;1-2-5-9-7-3-6-8(9)4-1;1-4(2,3)5;1-2;/h3-12H,1-2H2;1-2,4-6,8-9H,3,7H2;5H,1-3H3;1-2H2;/q;;-1;;+1. The third kappa shape index (κ3) is 5.96. The average Bonchev–Trinajstić information content (AvgIpc) is 3.44. The van der Waals surface area contributed by atoms with Crippen molar-refractivity contribution in [2.75, 3.05) is 0 Å². The van der Waals surface area contributed by atoms with Gasteiger partial charge in [-0.25, -0.2) is 0 Å². The van der Waals surface area contributed by atoms with Crippen LogP contribution in [0.15, 0.2) is 98.1 Å². The van der Waals surface area contributed by atoms with Crippen LogP contribution < -0.4 is 3.80 Å². The van der Waals surface area contributed by atoms with Gasteiger partial charge in [0.1, 0.15) is 0 Å². The first kappa shape index (κ1) is 24.2. The Morgan fingerprint density at radius 1 is 0.788 bits per heavy atom. The van der Waals surface area contributed by atoms with Crippen molar-refractivity contribution in [1.29, 1.82) is 0 Å². The Bertz CT molecular complexity index is 972. The first-order valence-electron chi connectivity index (χ1n) is 12.4. The Balaban J connectivity index is 0.000000157. The molecule has 2 aliphatic carbocycles. The molecule has 2 fully saturated rings. The van der Waals surface area contributed by atoms with Crippen LogP contribution in [-0.2, 0) is 16.8 Å². The van der Waals surface area contributed by atoms with Gasteiger partial charge < -0.3 is 0 Å². The zero-order valence-electron chi connectivity index (χ0n) is 20.6. The minimum absolute atomic E-state index is 0.336. The molecule has 1 saturated carbocycles. The van der Waals surface area contributed by atoms with Crippen LogP contribution in [-0.4, -0.2) is 5.54 Å². The molecule has 172 valence electrons. The molecule has 0 bridgehead atoms. The van der Waals surface area contributed by atoms with Crippen molar-refractivity contribution in [3.05, 3.63) is 109 Å². The van der Waals surface area contributed by atoms with Crippen LogP contribution in [0.4, 0.5) is 0 Å². The fraction of sp³-hybridized carbons (Fsp3) is 0.355. The summed E-state index contributed by atoms with van der Waals surface area (Å²) >= 11 is -1.65. The molecule has 2 heteroatoms. The fourth-order valence-corrected chi connectivity index (χ4v) is 14.9. The molecule has 3 aliphatic rings. The van der Waals surface area contributed by atoms with Gasteiger partial charge in [0.15, 0.2) is 0 Å². The monoisotopic (exact) mass is 473 g/mol. The van der Waals surface area contributed by atoms with E-state index in [0.717, 1.165) is 38.3 Å². The van der Waals surface area contributed by atoms with Gasteiger partial charge in [0.05, 0.1) is 0 Å². The Morgan fingerprint density at radius 2 is 1.30 bits per heavy atom. The van der Waals surface area contributed by atoms with Gasteiger partial charge in [0, 0.05) is 0 Å². The van der Waals surface area contributed by atoms with Crippen LogP contribution in [0, 0.1) is 11.8 Å². The summed E-state index contributed by atoms with van der Waals surface area (Å²) in [4.78, 5) is 0. The Kier molecular flexibility index (Phi) is 7.44. The van der Waals surface area contributed by atoms with Crippen LogP contribution in [0.25, 0.3) is 11.1 Å². The first-order chi connectivity index (χ1) is 15.8. The zero-order valence-corrected chi connectivity index (χ0v) is 22.1. The minimum atomic E-state index is -1.65. The first-order valence-corrected chi connectivity index (χ1v) is 16.3. The van der Waals surface area contributed by atoms with E-state index in [-0.39, 0.29) is 0 Å². The number of allylic oxidation sites excluding steroid dienone is 6. The quantitative estimate of drug-likeness (QED) is 0.338. The predicted octanol–water partition coefficient (Wildman–Crippen LogP) is 8.65. The molecule has 1 nitrogen and oxygen atoms in total. The summed E-state index contributed by atoms with van der Waals surface area (Å²) in [6.07, 6.45) is 12.4. The van der Waals surface area contributed by atoms with Crippen molar-refractivity contribution < 1.29 is 16.8 Å². The van der Waals surface area contributed by atoms with Gasteiger partial charge in [0.25, 0.3) is 0 Å². The molecule has 3 atom stereocenters. The maximum absolute atomic E-state index is 4.11. The molecule has 0 radical (unpaired) electrons. The van der Waals surface area contributed by atoms with Crippen molar-refractivity contribution >= 4 is 11.1 Å². The van der Waals surface area contributed by atoms with Gasteiger partial charge >= 0.3 is 110 Å². The van der Waals surface area contributed by atoms with E-state index in [0.29, 0.717) is 5.54 Å². The number of hydrogen-bond acceptors (Lipinski definition) is 1. The topological polar surface area (TPSA) is 12.0 Å². The van der Waals surface area contributed by atoms with Crippen molar-refractivity contribution in [2.45, 2.75) is 52.8 Å². The molecular formula is C31H39NTi. The van der Waals surface area contributed by atoms with Gasteiger partial charge in [-0.1, -0.05) is 73.8 Å². The van der Waals surface area contributed by atoms with E-state index in [1.54, 1.807) is 9.45 Å². The molecule has 5 rings (SSSR count). The van der Waals surface area contributed by atoms with Crippen LogP contribution >= 0.6 is 0 Å². The second-order valence-electron chi connectivity index (χ2n) is 10.9. The van der Waals surface area contributed by atoms with Crippen molar-refractivity contribution in [2.24, 2.45) is 11.8 Å². The van der Waals surface area contributed by atoms with Crippen LogP contribution in [0.3, 0.4) is 0 Å². The van der Waals surface area contributed by atoms with E-state index >= 15 is 0 Å². The molecule has 2 aromatic carbocycles. The Morgan fingerprint density at radius 3 is 1.79 bits per heavy atom.